The lowest BCUT2D eigenvalue weighted by Crippen LogP contribution is -2.54. The van der Waals surface area contributed by atoms with E-state index in [0.717, 1.165) is 36.6 Å². The fourth-order valence-corrected chi connectivity index (χ4v) is 3.55. The van der Waals surface area contributed by atoms with E-state index >= 15 is 0 Å². The standard InChI is InChI=1S/C18H21N5/c1-3-7-14(8-4-1)11-19-17-18(9-5-2-6-10-18)23-16-13-21-20-12-15(16)22-17/h1,3-4,7-8,12-13,23H,2,5-6,9-11H2,(H,19,22). The number of nitrogens with zero attached hydrogens (tertiary/aromatic N) is 3. The van der Waals surface area contributed by atoms with Gasteiger partial charge in [0, 0.05) is 6.54 Å². The van der Waals surface area contributed by atoms with Gasteiger partial charge < -0.3 is 10.6 Å². The lowest BCUT2D eigenvalue weighted by atomic mass is 9.79. The third kappa shape index (κ3) is 2.79. The largest absolute Gasteiger partial charge is 0.370 e. The molecule has 1 aliphatic heterocycles. The molecule has 1 saturated carbocycles. The highest BCUT2D eigenvalue weighted by Gasteiger charge is 2.40. The molecule has 118 valence electrons. The Bertz CT molecular complexity index is 704. The number of hydrogen-bond acceptors (Lipinski definition) is 5. The fourth-order valence-electron chi connectivity index (χ4n) is 3.55. The normalized spacial score (nSPS) is 18.7. The van der Waals surface area contributed by atoms with Gasteiger partial charge in [-0.2, -0.15) is 10.2 Å². The summed E-state index contributed by atoms with van der Waals surface area (Å²) in [5.74, 6) is 1.04. The number of aliphatic imine (C=N–C) groups is 1. The minimum atomic E-state index is -0.0803. The Hall–Kier alpha value is -2.43. The Morgan fingerprint density at radius 2 is 1.78 bits per heavy atom. The van der Waals surface area contributed by atoms with Crippen molar-refractivity contribution in [1.82, 2.24) is 15.5 Å². The summed E-state index contributed by atoms with van der Waals surface area (Å²) in [5, 5.41) is 15.2. The smallest absolute Gasteiger partial charge is 0.128 e. The van der Waals surface area contributed by atoms with Crippen molar-refractivity contribution >= 4 is 17.2 Å². The van der Waals surface area contributed by atoms with Crippen LogP contribution in [0.15, 0.2) is 47.7 Å². The van der Waals surface area contributed by atoms with Crippen LogP contribution in [0.25, 0.3) is 0 Å². The molecule has 1 aromatic carbocycles. The molecular formula is C18H21N5. The van der Waals surface area contributed by atoms with Crippen LogP contribution in [-0.2, 0) is 6.54 Å². The summed E-state index contributed by atoms with van der Waals surface area (Å²) >= 11 is 0. The van der Waals surface area contributed by atoms with Crippen molar-refractivity contribution in [3.8, 4) is 0 Å². The third-order valence-electron chi connectivity index (χ3n) is 4.78. The molecule has 2 heterocycles. The molecule has 5 heteroatoms. The van der Waals surface area contributed by atoms with Gasteiger partial charge in [0.25, 0.3) is 0 Å². The SMILES string of the molecule is c1ccc(CNC2=Nc3cnncc3NC23CCCCC3)cc1. The van der Waals surface area contributed by atoms with Gasteiger partial charge in [-0.15, -0.1) is 0 Å². The van der Waals surface area contributed by atoms with Crippen LogP contribution in [0, 0.1) is 0 Å². The molecule has 2 N–H and O–H groups in total. The summed E-state index contributed by atoms with van der Waals surface area (Å²) in [4.78, 5) is 4.88. The molecule has 23 heavy (non-hydrogen) atoms. The van der Waals surface area contributed by atoms with Crippen molar-refractivity contribution in [2.75, 3.05) is 5.32 Å². The lowest BCUT2D eigenvalue weighted by molar-refractivity contribution is 0.396. The lowest BCUT2D eigenvalue weighted by Gasteiger charge is -2.42. The third-order valence-corrected chi connectivity index (χ3v) is 4.78. The van der Waals surface area contributed by atoms with Crippen molar-refractivity contribution in [2.24, 2.45) is 4.99 Å². The highest BCUT2D eigenvalue weighted by molar-refractivity contribution is 6.00. The number of hydrogen-bond donors (Lipinski definition) is 2. The zero-order valence-corrected chi connectivity index (χ0v) is 13.1. The molecule has 2 aromatic rings. The van der Waals surface area contributed by atoms with Crippen LogP contribution in [-0.4, -0.2) is 21.6 Å². The second kappa shape index (κ2) is 5.99. The first-order chi connectivity index (χ1) is 11.4. The number of fused-ring (bicyclic) bond motifs is 1. The molecule has 0 saturated heterocycles. The Morgan fingerprint density at radius 1 is 1.00 bits per heavy atom. The second-order valence-corrected chi connectivity index (χ2v) is 6.36. The minimum Gasteiger partial charge on any atom is -0.370 e. The van der Waals surface area contributed by atoms with Crippen LogP contribution in [0.5, 0.6) is 0 Å². The highest BCUT2D eigenvalue weighted by atomic mass is 15.2. The molecular weight excluding hydrogens is 286 g/mol. The maximum atomic E-state index is 4.88. The van der Waals surface area contributed by atoms with Crippen molar-refractivity contribution in [3.05, 3.63) is 48.3 Å². The van der Waals surface area contributed by atoms with E-state index in [-0.39, 0.29) is 5.54 Å². The predicted molar refractivity (Wildman–Crippen MR) is 91.8 cm³/mol. The first-order valence-corrected chi connectivity index (χ1v) is 8.32. The Morgan fingerprint density at radius 3 is 2.61 bits per heavy atom. The van der Waals surface area contributed by atoms with Gasteiger partial charge in [-0.1, -0.05) is 49.6 Å². The number of amidine groups is 1. The molecule has 0 unspecified atom stereocenters. The van der Waals surface area contributed by atoms with Crippen molar-refractivity contribution in [1.29, 1.82) is 0 Å². The molecule has 0 atom stereocenters. The maximum Gasteiger partial charge on any atom is 0.128 e. The van der Waals surface area contributed by atoms with Gasteiger partial charge in [0.05, 0.1) is 23.6 Å². The zero-order valence-electron chi connectivity index (χ0n) is 13.1. The van der Waals surface area contributed by atoms with Gasteiger partial charge in [0.1, 0.15) is 11.5 Å². The van der Waals surface area contributed by atoms with E-state index in [9.17, 15) is 0 Å². The molecule has 1 aromatic heterocycles. The Labute approximate surface area is 136 Å². The summed E-state index contributed by atoms with van der Waals surface area (Å²) < 4.78 is 0. The van der Waals surface area contributed by atoms with E-state index in [2.05, 4.69) is 45.1 Å². The minimum absolute atomic E-state index is 0.0803. The zero-order chi connectivity index (χ0) is 15.5. The number of aromatic nitrogens is 2. The summed E-state index contributed by atoms with van der Waals surface area (Å²) in [6.45, 7) is 0.789. The van der Waals surface area contributed by atoms with E-state index in [1.165, 1.54) is 24.8 Å². The van der Waals surface area contributed by atoms with Gasteiger partial charge >= 0.3 is 0 Å². The Kier molecular flexibility index (Phi) is 3.69. The first-order valence-electron chi connectivity index (χ1n) is 8.32. The summed E-state index contributed by atoms with van der Waals surface area (Å²) in [5.41, 5.74) is 3.04. The average molecular weight is 307 g/mol. The van der Waals surface area contributed by atoms with Crippen LogP contribution in [0.2, 0.25) is 0 Å². The molecule has 0 amide bonds. The predicted octanol–water partition coefficient (Wildman–Crippen LogP) is 3.42. The van der Waals surface area contributed by atoms with Crippen LogP contribution >= 0.6 is 0 Å². The topological polar surface area (TPSA) is 62.2 Å². The fraction of sp³-hybridized carbons (Fsp3) is 0.389. The quantitative estimate of drug-likeness (QED) is 0.892. The summed E-state index contributed by atoms with van der Waals surface area (Å²) in [7, 11) is 0. The van der Waals surface area contributed by atoms with E-state index in [0.29, 0.717) is 0 Å². The summed E-state index contributed by atoms with van der Waals surface area (Å²) in [6.07, 6.45) is 9.48. The van der Waals surface area contributed by atoms with E-state index in [1.54, 1.807) is 12.4 Å². The molecule has 4 rings (SSSR count). The molecule has 1 aliphatic carbocycles. The van der Waals surface area contributed by atoms with Crippen LogP contribution in [0.3, 0.4) is 0 Å². The molecule has 1 fully saturated rings. The van der Waals surface area contributed by atoms with E-state index in [1.807, 2.05) is 6.07 Å². The molecule has 1 spiro atoms. The molecule has 5 nitrogen and oxygen atoms in total. The number of anilines is 1. The van der Waals surface area contributed by atoms with Crippen molar-refractivity contribution < 1.29 is 0 Å². The summed E-state index contributed by atoms with van der Waals surface area (Å²) in [6, 6.07) is 10.5. The van der Waals surface area contributed by atoms with Crippen LogP contribution in [0.4, 0.5) is 11.4 Å². The second-order valence-electron chi connectivity index (χ2n) is 6.36. The number of nitrogens with one attached hydrogen (secondary N) is 2. The molecule has 2 aliphatic rings. The van der Waals surface area contributed by atoms with E-state index in [4.69, 9.17) is 4.99 Å². The van der Waals surface area contributed by atoms with Gasteiger partial charge in [0.2, 0.25) is 0 Å². The number of benzene rings is 1. The van der Waals surface area contributed by atoms with Gasteiger partial charge in [-0.3, -0.25) is 0 Å². The van der Waals surface area contributed by atoms with Crippen LogP contribution < -0.4 is 10.6 Å². The van der Waals surface area contributed by atoms with Crippen molar-refractivity contribution in [3.63, 3.8) is 0 Å². The van der Waals surface area contributed by atoms with Gasteiger partial charge in [0.15, 0.2) is 0 Å². The van der Waals surface area contributed by atoms with E-state index < -0.39 is 0 Å². The van der Waals surface area contributed by atoms with Gasteiger partial charge in [-0.25, -0.2) is 4.99 Å². The number of rotatable bonds is 2. The van der Waals surface area contributed by atoms with Crippen molar-refractivity contribution in [2.45, 2.75) is 44.2 Å². The van der Waals surface area contributed by atoms with Crippen LogP contribution in [0.1, 0.15) is 37.7 Å². The average Bonchev–Trinajstić information content (AvgIpc) is 2.61. The van der Waals surface area contributed by atoms with Gasteiger partial charge in [-0.05, 0) is 18.4 Å². The highest BCUT2D eigenvalue weighted by Crippen LogP contribution is 2.39. The Balaban J connectivity index is 1.63. The maximum absolute atomic E-state index is 4.88. The molecule has 0 bridgehead atoms. The first kappa shape index (κ1) is 14.2. The molecule has 0 radical (unpaired) electrons. The monoisotopic (exact) mass is 307 g/mol.